The molecule has 2 heterocycles. The van der Waals surface area contributed by atoms with Crippen molar-refractivity contribution in [2.75, 3.05) is 11.5 Å². The second kappa shape index (κ2) is 1.70. The first-order valence-electron chi connectivity index (χ1n) is 2.89. The lowest BCUT2D eigenvalue weighted by Crippen LogP contribution is -2.23. The van der Waals surface area contributed by atoms with Gasteiger partial charge in [0.25, 0.3) is 0 Å². The van der Waals surface area contributed by atoms with Gasteiger partial charge in [0.2, 0.25) is 0 Å². The van der Waals surface area contributed by atoms with Crippen molar-refractivity contribution in [2.45, 2.75) is 0 Å². The van der Waals surface area contributed by atoms with E-state index in [0.717, 1.165) is 17.2 Å². The van der Waals surface area contributed by atoms with E-state index in [1.807, 2.05) is 11.8 Å². The van der Waals surface area contributed by atoms with E-state index in [9.17, 15) is 0 Å². The molecule has 3 heteroatoms. The fraction of sp³-hybridized carbons (Fsp3) is 0.333. The van der Waals surface area contributed by atoms with E-state index in [2.05, 4.69) is 17.4 Å². The molecule has 2 nitrogen and oxygen atoms in total. The van der Waals surface area contributed by atoms with Crippen molar-refractivity contribution >= 4 is 11.8 Å². The van der Waals surface area contributed by atoms with Crippen molar-refractivity contribution in [3.8, 4) is 0 Å². The van der Waals surface area contributed by atoms with Gasteiger partial charge in [0.1, 0.15) is 0 Å². The normalized spacial score (nSPS) is 23.8. The van der Waals surface area contributed by atoms with Gasteiger partial charge in [0, 0.05) is 22.8 Å². The first kappa shape index (κ1) is 5.23. The zero-order valence-corrected chi connectivity index (χ0v) is 5.85. The van der Waals surface area contributed by atoms with Crippen LogP contribution in [0.4, 0.5) is 0 Å². The van der Waals surface area contributed by atoms with Crippen LogP contribution in [0.15, 0.2) is 23.5 Å². The Bertz CT molecular complexity index is 195. The molecular formula is C6H8N2S. The third kappa shape index (κ3) is 0.645. The Hall–Kier alpha value is -0.570. The van der Waals surface area contributed by atoms with Gasteiger partial charge >= 0.3 is 0 Å². The molecule has 2 rings (SSSR count). The highest BCUT2D eigenvalue weighted by atomic mass is 32.2. The molecule has 0 fully saturated rings. The molecule has 0 saturated heterocycles. The molecular weight excluding hydrogens is 132 g/mol. The van der Waals surface area contributed by atoms with Crippen molar-refractivity contribution in [1.29, 1.82) is 0 Å². The van der Waals surface area contributed by atoms with E-state index >= 15 is 0 Å². The van der Waals surface area contributed by atoms with Gasteiger partial charge in [-0.05, 0) is 0 Å². The largest absolute Gasteiger partial charge is 0.304 e. The first-order valence-corrected chi connectivity index (χ1v) is 4.04. The summed E-state index contributed by atoms with van der Waals surface area (Å²) < 4.78 is 0. The number of allylic oxidation sites excluding steroid dienone is 1. The second-order valence-electron chi connectivity index (χ2n) is 2.18. The summed E-state index contributed by atoms with van der Waals surface area (Å²) in [6.45, 7) is 3.85. The van der Waals surface area contributed by atoms with Crippen molar-refractivity contribution in [1.82, 2.24) is 10.9 Å². The molecule has 0 atom stereocenters. The molecule has 9 heavy (non-hydrogen) atoms. The molecule has 2 N–H and O–H groups in total. The Kier molecular flexibility index (Phi) is 0.990. The molecule has 0 aromatic rings. The Balaban J connectivity index is 2.34. The summed E-state index contributed by atoms with van der Waals surface area (Å²) in [5.41, 5.74) is 9.82. The summed E-state index contributed by atoms with van der Waals surface area (Å²) in [5, 5.41) is 0. The minimum atomic E-state index is 1.05. The van der Waals surface area contributed by atoms with E-state index in [1.54, 1.807) is 0 Å². The van der Waals surface area contributed by atoms with Gasteiger partial charge in [0.05, 0.1) is 5.70 Å². The maximum absolute atomic E-state index is 3.85. The third-order valence-corrected chi connectivity index (χ3v) is 2.57. The van der Waals surface area contributed by atoms with Crippen molar-refractivity contribution < 1.29 is 0 Å². The second-order valence-corrected chi connectivity index (χ2v) is 3.16. The molecule has 0 aromatic carbocycles. The minimum Gasteiger partial charge on any atom is -0.304 e. The number of thioether (sulfide) groups is 1. The lowest BCUT2D eigenvalue weighted by molar-refractivity contribution is 0.752. The topological polar surface area (TPSA) is 24.1 Å². The maximum Gasteiger partial charge on any atom is 0.0526 e. The Labute approximate surface area is 58.4 Å². The fourth-order valence-corrected chi connectivity index (χ4v) is 2.14. The summed E-state index contributed by atoms with van der Waals surface area (Å²) >= 11 is 1.93. The molecule has 0 amide bonds. The fourth-order valence-electron chi connectivity index (χ4n) is 1.04. The van der Waals surface area contributed by atoms with E-state index < -0.39 is 0 Å². The average Bonchev–Trinajstić information content (AvgIpc) is 2.35. The average molecular weight is 140 g/mol. The van der Waals surface area contributed by atoms with Crippen LogP contribution in [0.5, 0.6) is 0 Å². The van der Waals surface area contributed by atoms with Crippen LogP contribution >= 0.6 is 11.8 Å². The summed E-state index contributed by atoms with van der Waals surface area (Å²) in [6.07, 6.45) is 0. The van der Waals surface area contributed by atoms with Gasteiger partial charge in [0.15, 0.2) is 0 Å². The smallest absolute Gasteiger partial charge is 0.0526 e. The lowest BCUT2D eigenvalue weighted by atomic mass is 10.2. The predicted molar refractivity (Wildman–Crippen MR) is 39.8 cm³/mol. The standard InChI is InChI=1S/C6H8N2S/c1-4-5-2-9-3-6(5)8-7-4/h7-8H,1-3H2. The van der Waals surface area contributed by atoms with Crippen LogP contribution in [0.1, 0.15) is 0 Å². The van der Waals surface area contributed by atoms with E-state index in [0.29, 0.717) is 0 Å². The molecule has 2 aliphatic heterocycles. The van der Waals surface area contributed by atoms with Gasteiger partial charge in [-0.3, -0.25) is 0 Å². The van der Waals surface area contributed by atoms with Gasteiger partial charge in [-0.15, -0.1) is 0 Å². The number of hydrogen-bond acceptors (Lipinski definition) is 3. The van der Waals surface area contributed by atoms with Crippen LogP contribution in [-0.2, 0) is 0 Å². The zero-order chi connectivity index (χ0) is 6.27. The van der Waals surface area contributed by atoms with Crippen molar-refractivity contribution in [2.24, 2.45) is 0 Å². The maximum atomic E-state index is 3.85. The monoisotopic (exact) mass is 140 g/mol. The minimum absolute atomic E-state index is 1.05. The summed E-state index contributed by atoms with van der Waals surface area (Å²) in [4.78, 5) is 0. The SMILES string of the molecule is C=C1NNC2=C1CSC2. The molecule has 0 aromatic heterocycles. The summed E-state index contributed by atoms with van der Waals surface area (Å²) in [6, 6.07) is 0. The quantitative estimate of drug-likeness (QED) is 0.515. The Morgan fingerprint density at radius 2 is 2.22 bits per heavy atom. The van der Waals surface area contributed by atoms with Gasteiger partial charge in [-0.1, -0.05) is 6.58 Å². The highest BCUT2D eigenvalue weighted by molar-refractivity contribution is 7.99. The van der Waals surface area contributed by atoms with Crippen LogP contribution < -0.4 is 10.9 Å². The molecule has 0 spiro atoms. The summed E-state index contributed by atoms with van der Waals surface area (Å²) in [7, 11) is 0. The van der Waals surface area contributed by atoms with Crippen LogP contribution in [0.3, 0.4) is 0 Å². The molecule has 48 valence electrons. The van der Waals surface area contributed by atoms with Crippen LogP contribution in [-0.4, -0.2) is 11.5 Å². The Morgan fingerprint density at radius 1 is 1.33 bits per heavy atom. The molecule has 0 radical (unpaired) electrons. The lowest BCUT2D eigenvalue weighted by Gasteiger charge is -2.01. The number of nitrogens with one attached hydrogen (secondary N) is 2. The van der Waals surface area contributed by atoms with Crippen LogP contribution in [0.25, 0.3) is 0 Å². The molecule has 0 bridgehead atoms. The van der Waals surface area contributed by atoms with E-state index in [4.69, 9.17) is 0 Å². The van der Waals surface area contributed by atoms with Gasteiger partial charge in [-0.25, -0.2) is 0 Å². The molecule has 2 aliphatic rings. The molecule has 0 aliphatic carbocycles. The highest BCUT2D eigenvalue weighted by Crippen LogP contribution is 2.28. The molecule has 0 unspecified atom stereocenters. The van der Waals surface area contributed by atoms with Gasteiger partial charge in [-0.2, -0.15) is 11.8 Å². The van der Waals surface area contributed by atoms with Gasteiger partial charge < -0.3 is 10.9 Å². The predicted octanol–water partition coefficient (Wildman–Crippen LogP) is 0.609. The summed E-state index contributed by atoms with van der Waals surface area (Å²) in [5.74, 6) is 2.23. The molecule has 0 saturated carbocycles. The van der Waals surface area contributed by atoms with Crippen LogP contribution in [0.2, 0.25) is 0 Å². The zero-order valence-electron chi connectivity index (χ0n) is 5.03. The first-order chi connectivity index (χ1) is 4.38. The Morgan fingerprint density at radius 3 is 3.00 bits per heavy atom. The number of hydrogen-bond donors (Lipinski definition) is 2. The van der Waals surface area contributed by atoms with Crippen molar-refractivity contribution in [3.05, 3.63) is 23.5 Å². The highest BCUT2D eigenvalue weighted by Gasteiger charge is 2.21. The number of rotatable bonds is 0. The van der Waals surface area contributed by atoms with Crippen LogP contribution in [0, 0.1) is 0 Å². The van der Waals surface area contributed by atoms with Crippen molar-refractivity contribution in [3.63, 3.8) is 0 Å². The third-order valence-electron chi connectivity index (χ3n) is 1.59. The number of hydrazine groups is 1. The van der Waals surface area contributed by atoms with E-state index in [-0.39, 0.29) is 0 Å². The van der Waals surface area contributed by atoms with E-state index in [1.165, 1.54) is 11.3 Å².